The highest BCUT2D eigenvalue weighted by Gasteiger charge is 2.29. The Hall–Kier alpha value is -1.69. The van der Waals surface area contributed by atoms with Crippen LogP contribution in [-0.2, 0) is 29.1 Å². The van der Waals surface area contributed by atoms with Crippen LogP contribution in [0.4, 0.5) is 0 Å². The molecular weight excluding hydrogens is 300 g/mol. The minimum atomic E-state index is -2.84. The van der Waals surface area contributed by atoms with Gasteiger partial charge in [0.05, 0.1) is 11.5 Å². The molecule has 22 heavy (non-hydrogen) atoms. The summed E-state index contributed by atoms with van der Waals surface area (Å²) in [5.41, 5.74) is 1.31. The van der Waals surface area contributed by atoms with Gasteiger partial charge in [-0.3, -0.25) is 0 Å². The van der Waals surface area contributed by atoms with Gasteiger partial charge in [-0.2, -0.15) is 4.98 Å². The lowest BCUT2D eigenvalue weighted by molar-refractivity contribution is 0.355. The summed E-state index contributed by atoms with van der Waals surface area (Å²) in [4.78, 5) is 4.38. The molecule has 2 aromatic rings. The van der Waals surface area contributed by atoms with Gasteiger partial charge in [0.25, 0.3) is 0 Å². The molecule has 0 radical (unpaired) electrons. The summed E-state index contributed by atoms with van der Waals surface area (Å²) in [7, 11) is -2.84. The highest BCUT2D eigenvalue weighted by atomic mass is 32.2. The Balaban J connectivity index is 1.47. The fourth-order valence-corrected chi connectivity index (χ4v) is 4.71. The van der Waals surface area contributed by atoms with Crippen LogP contribution in [-0.4, -0.2) is 30.1 Å². The summed E-state index contributed by atoms with van der Waals surface area (Å²) in [6, 6.07) is 10.3. The second kappa shape index (κ2) is 6.60. The molecule has 1 unspecified atom stereocenters. The molecule has 1 aliphatic rings. The molecule has 6 heteroatoms. The molecule has 1 aromatic carbocycles. The summed E-state index contributed by atoms with van der Waals surface area (Å²) >= 11 is 0. The van der Waals surface area contributed by atoms with Crippen molar-refractivity contribution in [3.8, 4) is 0 Å². The number of hydrogen-bond acceptors (Lipinski definition) is 5. The molecule has 118 valence electrons. The monoisotopic (exact) mass is 320 g/mol. The molecule has 0 bridgehead atoms. The standard InChI is InChI=1S/C16H20N2O3S/c19-22(20)10-9-14(12-22)11-16-17-15(18-21-16)8-4-7-13-5-2-1-3-6-13/h1-3,5-6,14H,4,7-12H2. The van der Waals surface area contributed by atoms with Crippen molar-refractivity contribution >= 4 is 9.84 Å². The Kier molecular flexibility index (Phi) is 4.57. The van der Waals surface area contributed by atoms with Gasteiger partial charge in [0.1, 0.15) is 0 Å². The van der Waals surface area contributed by atoms with Crippen LogP contribution in [0.2, 0.25) is 0 Å². The first-order valence-electron chi connectivity index (χ1n) is 7.66. The van der Waals surface area contributed by atoms with E-state index in [1.54, 1.807) is 0 Å². The SMILES string of the molecule is O=S1(=O)CCC(Cc2nc(CCCc3ccccc3)no2)C1. The number of rotatable bonds is 6. The Morgan fingerprint density at radius 2 is 2.00 bits per heavy atom. The highest BCUT2D eigenvalue weighted by molar-refractivity contribution is 7.91. The van der Waals surface area contributed by atoms with Crippen molar-refractivity contribution in [2.24, 2.45) is 5.92 Å². The van der Waals surface area contributed by atoms with Crippen LogP contribution in [0.25, 0.3) is 0 Å². The quantitative estimate of drug-likeness (QED) is 0.816. The minimum absolute atomic E-state index is 0.127. The molecule has 0 amide bonds. The van der Waals surface area contributed by atoms with Gasteiger partial charge in [-0.15, -0.1) is 0 Å². The second-order valence-electron chi connectivity index (χ2n) is 5.92. The average Bonchev–Trinajstić information content (AvgIpc) is 3.07. The van der Waals surface area contributed by atoms with E-state index in [0.29, 0.717) is 24.6 Å². The van der Waals surface area contributed by atoms with Crippen LogP contribution < -0.4 is 0 Å². The van der Waals surface area contributed by atoms with Crippen molar-refractivity contribution in [1.29, 1.82) is 0 Å². The molecular formula is C16H20N2O3S. The first-order chi connectivity index (χ1) is 10.6. The Bertz CT molecular complexity index is 710. The Morgan fingerprint density at radius 1 is 1.18 bits per heavy atom. The number of nitrogens with zero attached hydrogens (tertiary/aromatic N) is 2. The summed E-state index contributed by atoms with van der Waals surface area (Å²) in [5, 5.41) is 3.99. The first kappa shape index (κ1) is 15.2. The number of aryl methyl sites for hydroxylation is 2. The van der Waals surface area contributed by atoms with Crippen molar-refractivity contribution in [2.45, 2.75) is 32.1 Å². The van der Waals surface area contributed by atoms with Crippen LogP contribution in [0, 0.1) is 5.92 Å². The molecule has 1 fully saturated rings. The topological polar surface area (TPSA) is 73.1 Å². The highest BCUT2D eigenvalue weighted by Crippen LogP contribution is 2.22. The molecule has 1 atom stereocenters. The van der Waals surface area contributed by atoms with Gasteiger partial charge in [0.15, 0.2) is 15.7 Å². The molecule has 3 rings (SSSR count). The van der Waals surface area contributed by atoms with Crippen molar-refractivity contribution in [3.05, 3.63) is 47.6 Å². The van der Waals surface area contributed by atoms with Gasteiger partial charge in [-0.05, 0) is 30.7 Å². The number of benzene rings is 1. The zero-order valence-corrected chi connectivity index (χ0v) is 13.3. The van der Waals surface area contributed by atoms with E-state index in [-0.39, 0.29) is 17.4 Å². The fourth-order valence-electron chi connectivity index (χ4n) is 2.85. The molecule has 2 heterocycles. The van der Waals surface area contributed by atoms with Crippen LogP contribution in [0.3, 0.4) is 0 Å². The maximum Gasteiger partial charge on any atom is 0.226 e. The lowest BCUT2D eigenvalue weighted by Crippen LogP contribution is -2.07. The second-order valence-corrected chi connectivity index (χ2v) is 8.15. The van der Waals surface area contributed by atoms with Crippen LogP contribution in [0.1, 0.15) is 30.1 Å². The zero-order chi connectivity index (χ0) is 15.4. The maximum atomic E-state index is 11.4. The lowest BCUT2D eigenvalue weighted by Gasteiger charge is -2.01. The van der Waals surface area contributed by atoms with E-state index in [9.17, 15) is 8.42 Å². The number of sulfone groups is 1. The first-order valence-corrected chi connectivity index (χ1v) is 9.49. The van der Waals surface area contributed by atoms with Crippen LogP contribution in [0.5, 0.6) is 0 Å². The Labute approximate surface area is 130 Å². The molecule has 0 N–H and O–H groups in total. The van der Waals surface area contributed by atoms with Gasteiger partial charge >= 0.3 is 0 Å². The van der Waals surface area contributed by atoms with E-state index >= 15 is 0 Å². The van der Waals surface area contributed by atoms with Crippen molar-refractivity contribution in [2.75, 3.05) is 11.5 Å². The maximum absolute atomic E-state index is 11.4. The summed E-state index contributed by atoms with van der Waals surface area (Å²) in [5.74, 6) is 1.94. The average molecular weight is 320 g/mol. The van der Waals surface area contributed by atoms with E-state index < -0.39 is 9.84 Å². The number of hydrogen-bond donors (Lipinski definition) is 0. The minimum Gasteiger partial charge on any atom is -0.339 e. The fraction of sp³-hybridized carbons (Fsp3) is 0.500. The van der Waals surface area contributed by atoms with E-state index in [1.807, 2.05) is 18.2 Å². The van der Waals surface area contributed by atoms with Gasteiger partial charge in [0.2, 0.25) is 5.89 Å². The van der Waals surface area contributed by atoms with Crippen molar-refractivity contribution < 1.29 is 12.9 Å². The van der Waals surface area contributed by atoms with E-state index in [1.165, 1.54) is 5.56 Å². The van der Waals surface area contributed by atoms with Crippen molar-refractivity contribution in [3.63, 3.8) is 0 Å². The third-order valence-electron chi connectivity index (χ3n) is 4.01. The molecule has 1 aliphatic heterocycles. The molecule has 0 spiro atoms. The van der Waals surface area contributed by atoms with Gasteiger partial charge in [-0.1, -0.05) is 35.5 Å². The van der Waals surface area contributed by atoms with Gasteiger partial charge in [-0.25, -0.2) is 8.42 Å². The predicted octanol–water partition coefficient (Wildman–Crippen LogP) is 2.22. The normalized spacial score (nSPS) is 20.3. The molecule has 1 aromatic heterocycles. The number of aromatic nitrogens is 2. The van der Waals surface area contributed by atoms with Gasteiger partial charge in [0, 0.05) is 12.8 Å². The summed E-state index contributed by atoms with van der Waals surface area (Å²) in [6.45, 7) is 0. The Morgan fingerprint density at radius 3 is 2.73 bits per heavy atom. The third-order valence-corrected chi connectivity index (χ3v) is 5.85. The van der Waals surface area contributed by atoms with Gasteiger partial charge < -0.3 is 4.52 Å². The van der Waals surface area contributed by atoms with E-state index in [4.69, 9.17) is 4.52 Å². The van der Waals surface area contributed by atoms with Crippen LogP contribution in [0.15, 0.2) is 34.9 Å². The molecule has 0 saturated carbocycles. The molecule has 1 saturated heterocycles. The van der Waals surface area contributed by atoms with E-state index in [2.05, 4.69) is 22.3 Å². The lowest BCUT2D eigenvalue weighted by atomic mass is 10.1. The largest absolute Gasteiger partial charge is 0.339 e. The summed E-state index contributed by atoms with van der Waals surface area (Å²) < 4.78 is 28.1. The predicted molar refractivity (Wildman–Crippen MR) is 83.2 cm³/mol. The summed E-state index contributed by atoms with van der Waals surface area (Å²) in [6.07, 6.45) is 4.02. The smallest absolute Gasteiger partial charge is 0.226 e. The molecule has 5 nitrogen and oxygen atoms in total. The van der Waals surface area contributed by atoms with Crippen molar-refractivity contribution in [1.82, 2.24) is 10.1 Å². The third kappa shape index (κ3) is 4.16. The zero-order valence-electron chi connectivity index (χ0n) is 12.4. The van der Waals surface area contributed by atoms with Crippen LogP contribution >= 0.6 is 0 Å². The molecule has 0 aliphatic carbocycles. The van der Waals surface area contributed by atoms with E-state index in [0.717, 1.165) is 19.3 Å².